The highest BCUT2D eigenvalue weighted by atomic mass is 31.1. The lowest BCUT2D eigenvalue weighted by atomic mass is 9.66. The van der Waals surface area contributed by atoms with Crippen molar-refractivity contribution >= 4 is 29.4 Å². The SMILES string of the molecule is C1=CC2=C(c3ccc(-c4ccccc4)cc3)c3ccccc3C(c3ccc(-c4ccc(P(c5ccccc5)c5ccccc5)cc4)cc3)C2C=C1. The van der Waals surface area contributed by atoms with Crippen LogP contribution in [-0.4, -0.2) is 0 Å². The highest BCUT2D eigenvalue weighted by molar-refractivity contribution is 7.79. The van der Waals surface area contributed by atoms with Gasteiger partial charge in [0.1, 0.15) is 0 Å². The van der Waals surface area contributed by atoms with E-state index in [1.54, 1.807) is 0 Å². The van der Waals surface area contributed by atoms with Crippen LogP contribution in [0.1, 0.15) is 28.2 Å². The monoisotopic (exact) mass is 668 g/mol. The second kappa shape index (κ2) is 13.8. The van der Waals surface area contributed by atoms with E-state index in [0.29, 0.717) is 0 Å². The van der Waals surface area contributed by atoms with Gasteiger partial charge in [-0.25, -0.2) is 0 Å². The summed E-state index contributed by atoms with van der Waals surface area (Å²) in [6.07, 6.45) is 9.16. The van der Waals surface area contributed by atoms with E-state index in [1.807, 2.05) is 0 Å². The minimum absolute atomic E-state index is 0.237. The fraction of sp³-hybridized carbons (Fsp3) is 0.0400. The van der Waals surface area contributed by atoms with Gasteiger partial charge in [-0.2, -0.15) is 0 Å². The second-order valence-corrected chi connectivity index (χ2v) is 15.5. The molecule has 2 atom stereocenters. The molecule has 0 saturated heterocycles. The van der Waals surface area contributed by atoms with Gasteiger partial charge in [-0.15, -0.1) is 0 Å². The average Bonchev–Trinajstić information content (AvgIpc) is 3.22. The Morgan fingerprint density at radius 1 is 0.373 bits per heavy atom. The third kappa shape index (κ3) is 6.03. The average molecular weight is 669 g/mol. The number of allylic oxidation sites excluding steroid dienone is 5. The van der Waals surface area contributed by atoms with Crippen molar-refractivity contribution in [1.29, 1.82) is 0 Å². The van der Waals surface area contributed by atoms with E-state index in [0.717, 1.165) is 0 Å². The summed E-state index contributed by atoms with van der Waals surface area (Å²) in [6.45, 7) is 0. The van der Waals surface area contributed by atoms with Gasteiger partial charge in [0.05, 0.1) is 0 Å². The Kier molecular flexibility index (Phi) is 8.46. The maximum Gasteiger partial charge on any atom is 0.0199 e. The predicted molar refractivity (Wildman–Crippen MR) is 219 cm³/mol. The van der Waals surface area contributed by atoms with Crippen molar-refractivity contribution in [2.75, 3.05) is 0 Å². The van der Waals surface area contributed by atoms with Crippen LogP contribution in [0.5, 0.6) is 0 Å². The van der Waals surface area contributed by atoms with Crippen molar-refractivity contribution in [2.24, 2.45) is 5.92 Å². The topological polar surface area (TPSA) is 0 Å². The molecule has 2 aliphatic rings. The van der Waals surface area contributed by atoms with Crippen molar-refractivity contribution in [3.8, 4) is 22.3 Å². The smallest absolute Gasteiger partial charge is 0.0199 e. The van der Waals surface area contributed by atoms with Crippen LogP contribution in [0.15, 0.2) is 218 Å². The molecule has 0 aliphatic heterocycles. The zero-order valence-corrected chi connectivity index (χ0v) is 29.2. The molecule has 0 heterocycles. The van der Waals surface area contributed by atoms with E-state index in [1.165, 1.54) is 71.6 Å². The fourth-order valence-electron chi connectivity index (χ4n) is 7.90. The van der Waals surface area contributed by atoms with E-state index in [9.17, 15) is 0 Å². The van der Waals surface area contributed by atoms with Crippen LogP contribution in [-0.2, 0) is 0 Å². The molecule has 7 aromatic rings. The zero-order valence-electron chi connectivity index (χ0n) is 28.3. The Balaban J connectivity index is 1.04. The molecular weight excluding hydrogens is 632 g/mol. The summed E-state index contributed by atoms with van der Waals surface area (Å²) >= 11 is 0. The van der Waals surface area contributed by atoms with E-state index in [2.05, 4.69) is 212 Å². The molecule has 0 saturated carbocycles. The molecule has 51 heavy (non-hydrogen) atoms. The van der Waals surface area contributed by atoms with Crippen LogP contribution < -0.4 is 15.9 Å². The van der Waals surface area contributed by atoms with Crippen LogP contribution in [0.4, 0.5) is 0 Å². The first-order chi connectivity index (χ1) is 25.3. The summed E-state index contributed by atoms with van der Waals surface area (Å²) in [6, 6.07) is 69.2. The molecule has 0 fully saturated rings. The van der Waals surface area contributed by atoms with Gasteiger partial charge in [-0.3, -0.25) is 0 Å². The van der Waals surface area contributed by atoms with E-state index >= 15 is 0 Å². The van der Waals surface area contributed by atoms with Gasteiger partial charge in [-0.05, 0) is 79.5 Å². The molecule has 242 valence electrons. The van der Waals surface area contributed by atoms with E-state index in [-0.39, 0.29) is 11.8 Å². The van der Waals surface area contributed by atoms with Crippen molar-refractivity contribution < 1.29 is 0 Å². The molecule has 2 aliphatic carbocycles. The highest BCUT2D eigenvalue weighted by Crippen LogP contribution is 2.50. The quantitative estimate of drug-likeness (QED) is 0.148. The van der Waals surface area contributed by atoms with Gasteiger partial charge in [0, 0.05) is 11.8 Å². The highest BCUT2D eigenvalue weighted by Gasteiger charge is 2.35. The lowest BCUT2D eigenvalue weighted by Gasteiger charge is -2.37. The third-order valence-corrected chi connectivity index (χ3v) is 12.8. The Morgan fingerprint density at radius 2 is 0.843 bits per heavy atom. The molecule has 0 amide bonds. The van der Waals surface area contributed by atoms with Gasteiger partial charge in [0.25, 0.3) is 0 Å². The molecule has 0 bridgehead atoms. The van der Waals surface area contributed by atoms with E-state index in [4.69, 9.17) is 0 Å². The first kappa shape index (κ1) is 31.2. The summed E-state index contributed by atoms with van der Waals surface area (Å²) in [5.74, 6) is 0.496. The molecule has 0 N–H and O–H groups in total. The minimum atomic E-state index is -0.623. The Morgan fingerprint density at radius 3 is 1.47 bits per heavy atom. The largest absolute Gasteiger partial charge is 0.0760 e. The van der Waals surface area contributed by atoms with Crippen LogP contribution in [0.25, 0.3) is 27.8 Å². The van der Waals surface area contributed by atoms with Gasteiger partial charge in [0.2, 0.25) is 0 Å². The maximum absolute atomic E-state index is 2.40. The zero-order chi connectivity index (χ0) is 34.0. The van der Waals surface area contributed by atoms with Crippen molar-refractivity contribution in [3.05, 3.63) is 240 Å². The van der Waals surface area contributed by atoms with Gasteiger partial charge in [-0.1, -0.05) is 212 Å². The predicted octanol–water partition coefficient (Wildman–Crippen LogP) is 11.5. The van der Waals surface area contributed by atoms with Crippen LogP contribution in [0, 0.1) is 5.92 Å². The molecule has 1 heteroatoms. The molecule has 9 rings (SSSR count). The lowest BCUT2D eigenvalue weighted by molar-refractivity contribution is 0.649. The standard InChI is InChI=1S/C50H37P/c1-4-14-36(15-5-1)37-24-28-40(29-25-37)49-45-20-10-12-22-47(45)50(48-23-13-11-21-46(48)49)41-30-26-38(27-31-41)39-32-34-44(35-33-39)51(42-16-6-2-7-17-42)43-18-8-3-9-19-43/h1-35,47,50H. The number of benzene rings is 7. The number of fused-ring (bicyclic) bond motifs is 2. The molecule has 0 spiro atoms. The molecule has 0 radical (unpaired) electrons. The molecule has 2 unspecified atom stereocenters. The Bertz CT molecular complexity index is 2330. The summed E-state index contributed by atoms with van der Waals surface area (Å²) in [7, 11) is -0.623. The minimum Gasteiger partial charge on any atom is -0.0760 e. The fourth-order valence-corrected chi connectivity index (χ4v) is 10.2. The van der Waals surface area contributed by atoms with Crippen LogP contribution in [0.3, 0.4) is 0 Å². The van der Waals surface area contributed by atoms with Crippen LogP contribution in [0.2, 0.25) is 0 Å². The van der Waals surface area contributed by atoms with Gasteiger partial charge in [0.15, 0.2) is 0 Å². The normalized spacial score (nSPS) is 16.2. The first-order valence-electron chi connectivity index (χ1n) is 17.8. The maximum atomic E-state index is 2.40. The van der Waals surface area contributed by atoms with Crippen LogP contribution >= 0.6 is 7.92 Å². The molecule has 0 nitrogen and oxygen atoms in total. The number of hydrogen-bond acceptors (Lipinski definition) is 0. The first-order valence-corrected chi connectivity index (χ1v) is 19.1. The second-order valence-electron chi connectivity index (χ2n) is 13.3. The summed E-state index contributed by atoms with van der Waals surface area (Å²) in [5, 5.41) is 4.11. The Labute approximate surface area is 302 Å². The summed E-state index contributed by atoms with van der Waals surface area (Å²) in [5.41, 5.74) is 13.0. The van der Waals surface area contributed by atoms with Gasteiger partial charge >= 0.3 is 0 Å². The number of rotatable bonds is 7. The molecule has 0 aromatic heterocycles. The lowest BCUT2D eigenvalue weighted by Crippen LogP contribution is -2.22. The van der Waals surface area contributed by atoms with Crippen molar-refractivity contribution in [2.45, 2.75) is 5.92 Å². The van der Waals surface area contributed by atoms with Crippen molar-refractivity contribution in [3.63, 3.8) is 0 Å². The van der Waals surface area contributed by atoms with Crippen molar-refractivity contribution in [1.82, 2.24) is 0 Å². The summed E-state index contributed by atoms with van der Waals surface area (Å²) in [4.78, 5) is 0. The molecular formula is C50H37P. The summed E-state index contributed by atoms with van der Waals surface area (Å²) < 4.78 is 0. The third-order valence-electron chi connectivity index (χ3n) is 10.3. The molecule has 7 aromatic carbocycles. The van der Waals surface area contributed by atoms with Gasteiger partial charge < -0.3 is 0 Å². The Hall–Kier alpha value is -5.81. The van der Waals surface area contributed by atoms with E-state index < -0.39 is 7.92 Å². The number of hydrogen-bond donors (Lipinski definition) is 0.